The molecule has 0 fully saturated rings. The summed E-state index contributed by atoms with van der Waals surface area (Å²) in [6, 6.07) is 4.87. The van der Waals surface area contributed by atoms with Gasteiger partial charge in [0.25, 0.3) is 0 Å². The fraction of sp³-hybridized carbons (Fsp3) is 0.467. The number of aliphatic hydroxyl groups is 1. The number of halogens is 1. The molecule has 0 radical (unpaired) electrons. The van der Waals surface area contributed by atoms with E-state index in [0.717, 1.165) is 12.1 Å². The third-order valence-electron chi connectivity index (χ3n) is 2.61. The molecule has 0 aliphatic carbocycles. The average molecular weight is 265 g/mol. The smallest absolute Gasteiger partial charge is 0.138 e. The number of benzene rings is 1. The molecule has 1 N–H and O–H groups in total. The lowest BCUT2D eigenvalue weighted by Gasteiger charge is -2.16. The molecule has 0 unspecified atom stereocenters. The highest BCUT2D eigenvalue weighted by Gasteiger charge is 2.04. The van der Waals surface area contributed by atoms with Crippen LogP contribution in [0.4, 0.5) is 4.39 Å². The largest absolute Gasteiger partial charge is 0.384 e. The van der Waals surface area contributed by atoms with Crippen LogP contribution in [0.25, 0.3) is 0 Å². The van der Waals surface area contributed by atoms with Gasteiger partial charge in [-0.2, -0.15) is 0 Å². The van der Waals surface area contributed by atoms with Gasteiger partial charge in [0.2, 0.25) is 0 Å². The summed E-state index contributed by atoms with van der Waals surface area (Å²) in [5.74, 6) is 4.71. The second kappa shape index (κ2) is 8.65. The van der Waals surface area contributed by atoms with Crippen molar-refractivity contribution >= 4 is 0 Å². The minimum Gasteiger partial charge on any atom is -0.384 e. The fourth-order valence-corrected chi connectivity index (χ4v) is 1.66. The van der Waals surface area contributed by atoms with Crippen LogP contribution in [-0.2, 0) is 11.3 Å². The summed E-state index contributed by atoms with van der Waals surface area (Å²) in [5, 5.41) is 8.64. The molecule has 0 heterocycles. The van der Waals surface area contributed by atoms with Crippen LogP contribution in [-0.4, -0.2) is 43.4 Å². The number of likely N-dealkylation sites (N-methyl/N-ethyl adjacent to an activating group) is 1. The van der Waals surface area contributed by atoms with Gasteiger partial charge in [-0.05, 0) is 31.7 Å². The molecule has 1 rings (SSSR count). The predicted molar refractivity (Wildman–Crippen MR) is 73.2 cm³/mol. The lowest BCUT2D eigenvalue weighted by Crippen LogP contribution is -2.22. The highest BCUT2D eigenvalue weighted by atomic mass is 19.1. The second-order valence-corrected chi connectivity index (χ2v) is 4.21. The van der Waals surface area contributed by atoms with Gasteiger partial charge in [-0.3, -0.25) is 4.90 Å². The van der Waals surface area contributed by atoms with E-state index in [0.29, 0.717) is 25.3 Å². The standard InChI is InChI=1S/C15H20FNO2/c1-3-19-10-8-17(2)12-13-6-7-15(16)14(11-13)5-4-9-18/h6-7,11,18H,3,8-10,12H2,1-2H3. The van der Waals surface area contributed by atoms with Gasteiger partial charge in [-0.25, -0.2) is 4.39 Å². The van der Waals surface area contributed by atoms with E-state index in [1.165, 1.54) is 6.07 Å². The van der Waals surface area contributed by atoms with Gasteiger partial charge in [-0.1, -0.05) is 17.9 Å². The van der Waals surface area contributed by atoms with Gasteiger partial charge < -0.3 is 9.84 Å². The van der Waals surface area contributed by atoms with Crippen molar-refractivity contribution in [3.8, 4) is 11.8 Å². The highest BCUT2D eigenvalue weighted by molar-refractivity contribution is 5.38. The molecule has 19 heavy (non-hydrogen) atoms. The van der Waals surface area contributed by atoms with E-state index in [4.69, 9.17) is 9.84 Å². The molecule has 0 atom stereocenters. The summed E-state index contributed by atoms with van der Waals surface area (Å²) in [6.45, 7) is 4.63. The first-order valence-corrected chi connectivity index (χ1v) is 6.31. The monoisotopic (exact) mass is 265 g/mol. The van der Waals surface area contributed by atoms with Gasteiger partial charge in [0, 0.05) is 19.7 Å². The third-order valence-corrected chi connectivity index (χ3v) is 2.61. The van der Waals surface area contributed by atoms with Crippen LogP contribution >= 0.6 is 0 Å². The van der Waals surface area contributed by atoms with Crippen LogP contribution in [0.15, 0.2) is 18.2 Å². The lowest BCUT2D eigenvalue weighted by atomic mass is 10.1. The van der Waals surface area contributed by atoms with E-state index in [1.54, 1.807) is 12.1 Å². The van der Waals surface area contributed by atoms with Crippen LogP contribution in [0.2, 0.25) is 0 Å². The molecular weight excluding hydrogens is 245 g/mol. The minimum absolute atomic E-state index is 0.266. The van der Waals surface area contributed by atoms with Crippen molar-refractivity contribution in [2.45, 2.75) is 13.5 Å². The summed E-state index contributed by atoms with van der Waals surface area (Å²) >= 11 is 0. The highest BCUT2D eigenvalue weighted by Crippen LogP contribution is 2.11. The number of hydrogen-bond acceptors (Lipinski definition) is 3. The van der Waals surface area contributed by atoms with Crippen LogP contribution in [0.3, 0.4) is 0 Å². The third kappa shape index (κ3) is 5.84. The zero-order valence-electron chi connectivity index (χ0n) is 11.4. The predicted octanol–water partition coefficient (Wildman–Crippen LogP) is 1.64. The van der Waals surface area contributed by atoms with Crippen molar-refractivity contribution in [1.29, 1.82) is 0 Å². The Labute approximate surface area is 114 Å². The van der Waals surface area contributed by atoms with E-state index < -0.39 is 0 Å². The fourth-order valence-electron chi connectivity index (χ4n) is 1.66. The molecule has 0 bridgehead atoms. The molecule has 0 amide bonds. The number of nitrogens with zero attached hydrogens (tertiary/aromatic N) is 1. The number of ether oxygens (including phenoxy) is 1. The molecule has 0 saturated carbocycles. The molecule has 1 aromatic rings. The summed E-state index contributed by atoms with van der Waals surface area (Å²) in [7, 11) is 1.99. The number of aliphatic hydroxyl groups excluding tert-OH is 1. The van der Waals surface area contributed by atoms with E-state index in [2.05, 4.69) is 16.7 Å². The first-order chi connectivity index (χ1) is 9.17. The van der Waals surface area contributed by atoms with E-state index in [-0.39, 0.29) is 12.4 Å². The molecule has 1 aromatic carbocycles. The maximum atomic E-state index is 13.5. The van der Waals surface area contributed by atoms with Gasteiger partial charge in [0.1, 0.15) is 12.4 Å². The Morgan fingerprint density at radius 1 is 1.42 bits per heavy atom. The van der Waals surface area contributed by atoms with Gasteiger partial charge >= 0.3 is 0 Å². The lowest BCUT2D eigenvalue weighted by molar-refractivity contribution is 0.120. The molecule has 0 saturated heterocycles. The summed E-state index contributed by atoms with van der Waals surface area (Å²) < 4.78 is 18.7. The maximum absolute atomic E-state index is 13.5. The van der Waals surface area contributed by atoms with E-state index in [1.807, 2.05) is 14.0 Å². The first kappa shape index (κ1) is 15.6. The molecule has 4 heteroatoms. The Kier molecular flexibility index (Phi) is 7.12. The Hall–Kier alpha value is -1.41. The van der Waals surface area contributed by atoms with Crippen LogP contribution < -0.4 is 0 Å². The van der Waals surface area contributed by atoms with E-state index >= 15 is 0 Å². The van der Waals surface area contributed by atoms with E-state index in [9.17, 15) is 4.39 Å². The maximum Gasteiger partial charge on any atom is 0.138 e. The van der Waals surface area contributed by atoms with Crippen LogP contribution in [0.1, 0.15) is 18.1 Å². The zero-order valence-corrected chi connectivity index (χ0v) is 11.4. The molecule has 0 aromatic heterocycles. The van der Waals surface area contributed by atoms with Crippen molar-refractivity contribution in [1.82, 2.24) is 4.90 Å². The Balaban J connectivity index is 2.63. The number of hydrogen-bond donors (Lipinski definition) is 1. The normalized spacial score (nSPS) is 10.4. The van der Waals surface area contributed by atoms with Crippen LogP contribution in [0.5, 0.6) is 0 Å². The van der Waals surface area contributed by atoms with Gasteiger partial charge in [-0.15, -0.1) is 0 Å². The van der Waals surface area contributed by atoms with Crippen molar-refractivity contribution in [2.24, 2.45) is 0 Å². The Morgan fingerprint density at radius 2 is 2.21 bits per heavy atom. The first-order valence-electron chi connectivity index (χ1n) is 6.31. The van der Waals surface area contributed by atoms with Gasteiger partial charge in [0.15, 0.2) is 0 Å². The minimum atomic E-state index is -0.360. The van der Waals surface area contributed by atoms with Crippen molar-refractivity contribution < 1.29 is 14.2 Å². The topological polar surface area (TPSA) is 32.7 Å². The molecule has 3 nitrogen and oxygen atoms in total. The Morgan fingerprint density at radius 3 is 2.89 bits per heavy atom. The van der Waals surface area contributed by atoms with Crippen molar-refractivity contribution in [2.75, 3.05) is 33.4 Å². The molecule has 0 aliphatic heterocycles. The molecule has 0 aliphatic rings. The zero-order chi connectivity index (χ0) is 14.1. The molecule has 104 valence electrons. The quantitative estimate of drug-likeness (QED) is 0.627. The average Bonchev–Trinajstić information content (AvgIpc) is 2.39. The Bertz CT molecular complexity index is 451. The van der Waals surface area contributed by atoms with Gasteiger partial charge in [0.05, 0.1) is 12.2 Å². The van der Waals surface area contributed by atoms with Crippen molar-refractivity contribution in [3.63, 3.8) is 0 Å². The summed E-state index contributed by atoms with van der Waals surface area (Å²) in [5.41, 5.74) is 1.31. The molecule has 0 spiro atoms. The van der Waals surface area contributed by atoms with Crippen LogP contribution in [0, 0.1) is 17.7 Å². The summed E-state index contributed by atoms with van der Waals surface area (Å²) in [4.78, 5) is 2.10. The SMILES string of the molecule is CCOCCN(C)Cc1ccc(F)c(C#CCO)c1. The second-order valence-electron chi connectivity index (χ2n) is 4.21. The summed E-state index contributed by atoms with van der Waals surface area (Å²) in [6.07, 6.45) is 0. The van der Waals surface area contributed by atoms with Crippen molar-refractivity contribution in [3.05, 3.63) is 35.1 Å². The molecular formula is C15H20FNO2. The number of rotatable bonds is 6.